The van der Waals surface area contributed by atoms with Gasteiger partial charge in [-0.2, -0.15) is 0 Å². The first-order chi connectivity index (χ1) is 9.35. The number of benzene rings is 1. The van der Waals surface area contributed by atoms with Gasteiger partial charge in [-0.15, -0.1) is 0 Å². The fourth-order valence-electron chi connectivity index (χ4n) is 2.49. The van der Waals surface area contributed by atoms with Gasteiger partial charge in [-0.05, 0) is 6.42 Å². The van der Waals surface area contributed by atoms with Gasteiger partial charge in [-0.1, -0.05) is 35.5 Å². The van der Waals surface area contributed by atoms with Crippen molar-refractivity contribution in [3.8, 4) is 11.3 Å². The van der Waals surface area contributed by atoms with Crippen molar-refractivity contribution in [1.29, 1.82) is 0 Å². The van der Waals surface area contributed by atoms with E-state index in [1.807, 2.05) is 36.4 Å². The predicted octanol–water partition coefficient (Wildman–Crippen LogP) is 2.56. The maximum absolute atomic E-state index is 5.42. The van der Waals surface area contributed by atoms with E-state index >= 15 is 0 Å². The molecule has 1 fully saturated rings. The Morgan fingerprint density at radius 3 is 2.95 bits per heavy atom. The number of hydrogen-bond donors (Lipinski definition) is 0. The molecular formula is C15H18N2O2. The molecule has 0 N–H and O–H groups in total. The van der Waals surface area contributed by atoms with Crippen molar-refractivity contribution >= 4 is 0 Å². The Labute approximate surface area is 113 Å². The van der Waals surface area contributed by atoms with E-state index in [-0.39, 0.29) is 0 Å². The molecule has 1 aromatic heterocycles. The lowest BCUT2D eigenvalue weighted by Gasteiger charge is -2.12. The fraction of sp³-hybridized carbons (Fsp3) is 0.400. The highest BCUT2D eigenvalue weighted by Gasteiger charge is 2.23. The molecule has 1 unspecified atom stereocenters. The van der Waals surface area contributed by atoms with Crippen molar-refractivity contribution < 1.29 is 9.26 Å². The van der Waals surface area contributed by atoms with Gasteiger partial charge in [0.25, 0.3) is 0 Å². The van der Waals surface area contributed by atoms with Crippen LogP contribution in [0.2, 0.25) is 0 Å². The monoisotopic (exact) mass is 258 g/mol. The van der Waals surface area contributed by atoms with E-state index in [2.05, 4.69) is 10.1 Å². The van der Waals surface area contributed by atoms with Gasteiger partial charge in [-0.3, -0.25) is 4.90 Å². The summed E-state index contributed by atoms with van der Waals surface area (Å²) in [7, 11) is 1.77. The van der Waals surface area contributed by atoms with Crippen LogP contribution < -0.4 is 0 Å². The molecular weight excluding hydrogens is 240 g/mol. The molecule has 4 heteroatoms. The molecule has 2 heterocycles. The number of aromatic nitrogens is 1. The first kappa shape index (κ1) is 12.4. The minimum Gasteiger partial charge on any atom is -0.380 e. The number of methoxy groups -OCH3 is 1. The molecule has 19 heavy (non-hydrogen) atoms. The molecule has 0 radical (unpaired) electrons. The molecule has 3 rings (SSSR count). The summed E-state index contributed by atoms with van der Waals surface area (Å²) in [6, 6.07) is 12.1. The lowest BCUT2D eigenvalue weighted by Crippen LogP contribution is -2.22. The third kappa shape index (κ3) is 2.85. The zero-order chi connectivity index (χ0) is 13.1. The molecule has 1 atom stereocenters. The number of hydrogen-bond acceptors (Lipinski definition) is 4. The van der Waals surface area contributed by atoms with Gasteiger partial charge in [0.2, 0.25) is 0 Å². The van der Waals surface area contributed by atoms with E-state index in [1.54, 1.807) is 7.11 Å². The molecule has 0 aliphatic carbocycles. The Hall–Kier alpha value is -1.65. The second kappa shape index (κ2) is 5.55. The van der Waals surface area contributed by atoms with Gasteiger partial charge in [0.05, 0.1) is 12.6 Å². The van der Waals surface area contributed by atoms with Crippen LogP contribution in [0.15, 0.2) is 40.9 Å². The van der Waals surface area contributed by atoms with E-state index in [0.717, 1.165) is 43.1 Å². The van der Waals surface area contributed by atoms with Gasteiger partial charge >= 0.3 is 0 Å². The lowest BCUT2D eigenvalue weighted by atomic mass is 10.1. The Balaban J connectivity index is 1.66. The molecule has 0 amide bonds. The van der Waals surface area contributed by atoms with Gasteiger partial charge in [0.1, 0.15) is 5.69 Å². The van der Waals surface area contributed by atoms with Crippen LogP contribution in [0.1, 0.15) is 12.2 Å². The van der Waals surface area contributed by atoms with E-state index in [1.165, 1.54) is 0 Å². The average Bonchev–Trinajstić information content (AvgIpc) is 3.09. The molecule has 0 bridgehead atoms. The van der Waals surface area contributed by atoms with Crippen molar-refractivity contribution in [3.63, 3.8) is 0 Å². The van der Waals surface area contributed by atoms with Crippen molar-refractivity contribution in [1.82, 2.24) is 10.1 Å². The lowest BCUT2D eigenvalue weighted by molar-refractivity contribution is 0.106. The first-order valence-corrected chi connectivity index (χ1v) is 6.61. The standard InChI is InChI=1S/C15H18N2O2/c1-18-13-7-8-17(10-13)11-14-9-15(16-19-14)12-5-3-2-4-6-12/h2-6,9,13H,7-8,10-11H2,1H3. The number of rotatable bonds is 4. The number of ether oxygens (including phenoxy) is 1. The van der Waals surface area contributed by atoms with Crippen molar-refractivity contribution in [2.45, 2.75) is 19.1 Å². The predicted molar refractivity (Wildman–Crippen MR) is 72.6 cm³/mol. The summed E-state index contributed by atoms with van der Waals surface area (Å²) in [4.78, 5) is 2.34. The zero-order valence-electron chi connectivity index (χ0n) is 11.1. The Bertz CT molecular complexity index is 524. The minimum atomic E-state index is 0.358. The quantitative estimate of drug-likeness (QED) is 0.845. The number of nitrogens with zero attached hydrogens (tertiary/aromatic N) is 2. The summed E-state index contributed by atoms with van der Waals surface area (Å²) in [5, 5.41) is 4.13. The van der Waals surface area contributed by atoms with Crippen molar-refractivity contribution in [2.75, 3.05) is 20.2 Å². The van der Waals surface area contributed by atoms with Crippen LogP contribution >= 0.6 is 0 Å². The van der Waals surface area contributed by atoms with E-state index in [0.29, 0.717) is 6.10 Å². The summed E-state index contributed by atoms with van der Waals surface area (Å²) in [5.74, 6) is 0.913. The molecule has 1 aromatic carbocycles. The molecule has 0 saturated carbocycles. The largest absolute Gasteiger partial charge is 0.380 e. The maximum Gasteiger partial charge on any atom is 0.151 e. The molecule has 1 aliphatic heterocycles. The van der Waals surface area contributed by atoms with Crippen LogP contribution in [-0.2, 0) is 11.3 Å². The third-order valence-corrected chi connectivity index (χ3v) is 3.57. The highest BCUT2D eigenvalue weighted by molar-refractivity contribution is 5.58. The normalized spacial score (nSPS) is 19.9. The van der Waals surface area contributed by atoms with Gasteiger partial charge in [-0.25, -0.2) is 0 Å². The van der Waals surface area contributed by atoms with E-state index in [9.17, 15) is 0 Å². The Morgan fingerprint density at radius 1 is 1.37 bits per heavy atom. The summed E-state index contributed by atoms with van der Waals surface area (Å²) >= 11 is 0. The molecule has 0 spiro atoms. The van der Waals surface area contributed by atoms with Crippen molar-refractivity contribution in [2.24, 2.45) is 0 Å². The number of likely N-dealkylation sites (tertiary alicyclic amines) is 1. The molecule has 1 saturated heterocycles. The maximum atomic E-state index is 5.42. The van der Waals surface area contributed by atoms with E-state index < -0.39 is 0 Å². The minimum absolute atomic E-state index is 0.358. The SMILES string of the molecule is COC1CCN(Cc2cc(-c3ccccc3)no2)C1. The van der Waals surface area contributed by atoms with Gasteiger partial charge < -0.3 is 9.26 Å². The Morgan fingerprint density at radius 2 is 2.21 bits per heavy atom. The highest BCUT2D eigenvalue weighted by atomic mass is 16.5. The van der Waals surface area contributed by atoms with Gasteiger partial charge in [0.15, 0.2) is 5.76 Å². The summed E-state index contributed by atoms with van der Waals surface area (Å²) < 4.78 is 10.8. The average molecular weight is 258 g/mol. The fourth-order valence-corrected chi connectivity index (χ4v) is 2.49. The van der Waals surface area contributed by atoms with Crippen LogP contribution in [0.3, 0.4) is 0 Å². The van der Waals surface area contributed by atoms with Crippen LogP contribution in [-0.4, -0.2) is 36.4 Å². The highest BCUT2D eigenvalue weighted by Crippen LogP contribution is 2.21. The summed E-state index contributed by atoms with van der Waals surface area (Å²) in [5.41, 5.74) is 1.99. The van der Waals surface area contributed by atoms with Crippen LogP contribution in [0.5, 0.6) is 0 Å². The second-order valence-corrected chi connectivity index (χ2v) is 4.93. The van der Waals surface area contributed by atoms with Crippen molar-refractivity contribution in [3.05, 3.63) is 42.2 Å². The molecule has 1 aliphatic rings. The molecule has 4 nitrogen and oxygen atoms in total. The first-order valence-electron chi connectivity index (χ1n) is 6.61. The summed E-state index contributed by atoms with van der Waals surface area (Å²) in [6.45, 7) is 2.83. The van der Waals surface area contributed by atoms with Gasteiger partial charge in [0, 0.05) is 31.8 Å². The van der Waals surface area contributed by atoms with Crippen LogP contribution in [0, 0.1) is 0 Å². The van der Waals surface area contributed by atoms with E-state index in [4.69, 9.17) is 9.26 Å². The zero-order valence-corrected chi connectivity index (χ0v) is 11.1. The van der Waals surface area contributed by atoms with Crippen LogP contribution in [0.25, 0.3) is 11.3 Å². The molecule has 100 valence electrons. The second-order valence-electron chi connectivity index (χ2n) is 4.93. The van der Waals surface area contributed by atoms with Crippen LogP contribution in [0.4, 0.5) is 0 Å². The molecule has 2 aromatic rings. The Kier molecular flexibility index (Phi) is 3.62. The smallest absolute Gasteiger partial charge is 0.151 e. The topological polar surface area (TPSA) is 38.5 Å². The third-order valence-electron chi connectivity index (χ3n) is 3.57. The summed E-state index contributed by atoms with van der Waals surface area (Å²) in [6.07, 6.45) is 1.45.